The minimum Gasteiger partial charge on any atom is -0.481 e. The lowest BCUT2D eigenvalue weighted by molar-refractivity contribution is -0.133. The van der Waals surface area contributed by atoms with Crippen molar-refractivity contribution < 1.29 is 9.90 Å². The van der Waals surface area contributed by atoms with Gasteiger partial charge in [0.25, 0.3) is 0 Å². The van der Waals surface area contributed by atoms with Crippen LogP contribution in [0, 0.1) is 16.7 Å². The molecule has 4 nitrogen and oxygen atoms in total. The Morgan fingerprint density at radius 3 is 2.38 bits per heavy atom. The highest BCUT2D eigenvalue weighted by molar-refractivity contribution is 7.99. The summed E-state index contributed by atoms with van der Waals surface area (Å²) in [7, 11) is 0. The van der Waals surface area contributed by atoms with Crippen molar-refractivity contribution in [3.8, 4) is 0 Å². The number of aliphatic carboxylic acids is 1. The molecule has 0 unspecified atom stereocenters. The lowest BCUT2D eigenvalue weighted by Crippen LogP contribution is -2.11. The maximum atomic E-state index is 10.8. The number of carboxylic acid groups (broad SMARTS) is 1. The predicted molar refractivity (Wildman–Crippen MR) is 85.7 cm³/mol. The van der Waals surface area contributed by atoms with E-state index in [1.165, 1.54) is 17.5 Å². The minimum atomic E-state index is -0.798. The maximum absolute atomic E-state index is 10.8. The topological polar surface area (TPSA) is 55.1 Å². The fraction of sp³-hybridized carbons (Fsp3) is 0.750. The summed E-state index contributed by atoms with van der Waals surface area (Å²) in [5.74, 6) is 0.252. The molecule has 1 fully saturated rings. The van der Waals surface area contributed by atoms with Gasteiger partial charge in [0.2, 0.25) is 0 Å². The molecule has 1 aromatic heterocycles. The smallest absolute Gasteiger partial charge is 0.313 e. The van der Waals surface area contributed by atoms with Gasteiger partial charge in [0.1, 0.15) is 0 Å². The summed E-state index contributed by atoms with van der Waals surface area (Å²) < 4.78 is 2.24. The lowest BCUT2D eigenvalue weighted by atomic mass is 10.0. The Morgan fingerprint density at radius 2 is 1.95 bits per heavy atom. The zero-order valence-electron chi connectivity index (χ0n) is 13.8. The third kappa shape index (κ3) is 2.85. The normalized spacial score (nSPS) is 20.0. The highest BCUT2D eigenvalue weighted by Gasteiger charge is 2.64. The summed E-state index contributed by atoms with van der Waals surface area (Å²) in [6.45, 7) is 14.5. The first-order valence-electron chi connectivity index (χ1n) is 7.49. The molecule has 5 heteroatoms. The average Bonchev–Trinajstić information content (AvgIpc) is 2.68. The molecule has 0 aromatic carbocycles. The summed E-state index contributed by atoms with van der Waals surface area (Å²) in [6.07, 6.45) is 1.90. The molecular formula is C16H26N2O2S. The Morgan fingerprint density at radius 1 is 1.38 bits per heavy atom. The van der Waals surface area contributed by atoms with Crippen LogP contribution in [0.5, 0.6) is 0 Å². The first-order chi connectivity index (χ1) is 9.59. The maximum Gasteiger partial charge on any atom is 0.313 e. The van der Waals surface area contributed by atoms with Crippen LogP contribution in [0.15, 0.2) is 11.4 Å². The van der Waals surface area contributed by atoms with Gasteiger partial charge < -0.3 is 9.67 Å². The van der Waals surface area contributed by atoms with Gasteiger partial charge in [0.15, 0.2) is 5.16 Å². The van der Waals surface area contributed by atoms with Crippen molar-refractivity contribution in [2.45, 2.75) is 59.2 Å². The van der Waals surface area contributed by atoms with Crippen LogP contribution < -0.4 is 0 Å². The Labute approximate surface area is 131 Å². The SMILES string of the molecule is CC(C)c1cnc(SCC(=O)O)n1CC1C(C)(C)C1(C)C. The number of nitrogens with zero attached hydrogens (tertiary/aromatic N) is 2. The van der Waals surface area contributed by atoms with E-state index in [0.29, 0.717) is 22.7 Å². The fourth-order valence-electron chi connectivity index (χ4n) is 3.23. The van der Waals surface area contributed by atoms with E-state index < -0.39 is 5.97 Å². The quantitative estimate of drug-likeness (QED) is 0.811. The monoisotopic (exact) mass is 310 g/mol. The standard InChI is InChI=1S/C16H26N2O2S/c1-10(2)11-7-17-14(21-9-13(19)20)18(11)8-12-15(3,4)16(12,5)6/h7,10,12H,8-9H2,1-6H3,(H,19,20). The van der Waals surface area contributed by atoms with Crippen molar-refractivity contribution in [1.82, 2.24) is 9.55 Å². The molecule has 1 heterocycles. The van der Waals surface area contributed by atoms with Crippen molar-refractivity contribution in [1.29, 1.82) is 0 Å². The second-order valence-corrected chi connectivity index (χ2v) is 8.35. The van der Waals surface area contributed by atoms with Gasteiger partial charge in [0, 0.05) is 18.4 Å². The molecule has 1 N–H and O–H groups in total. The van der Waals surface area contributed by atoms with Crippen LogP contribution in [-0.4, -0.2) is 26.4 Å². The zero-order valence-corrected chi connectivity index (χ0v) is 14.6. The van der Waals surface area contributed by atoms with E-state index in [1.807, 2.05) is 6.20 Å². The highest BCUT2D eigenvalue weighted by atomic mass is 32.2. The predicted octanol–water partition coefficient (Wildman–Crippen LogP) is 3.87. The summed E-state index contributed by atoms with van der Waals surface area (Å²) >= 11 is 1.32. The van der Waals surface area contributed by atoms with Crippen molar-refractivity contribution in [3.05, 3.63) is 11.9 Å². The highest BCUT2D eigenvalue weighted by Crippen LogP contribution is 2.69. The number of thioether (sulfide) groups is 1. The van der Waals surface area contributed by atoms with Crippen molar-refractivity contribution in [2.24, 2.45) is 16.7 Å². The first-order valence-corrected chi connectivity index (χ1v) is 8.47. The molecule has 1 aromatic rings. The second-order valence-electron chi connectivity index (χ2n) is 7.41. The van der Waals surface area contributed by atoms with Gasteiger partial charge in [-0.05, 0) is 22.7 Å². The molecule has 0 amide bonds. The number of aromatic nitrogens is 2. The van der Waals surface area contributed by atoms with Gasteiger partial charge in [-0.3, -0.25) is 4.79 Å². The summed E-state index contributed by atoms with van der Waals surface area (Å²) in [4.78, 5) is 15.3. The first kappa shape index (κ1) is 16.4. The van der Waals surface area contributed by atoms with Crippen LogP contribution in [0.3, 0.4) is 0 Å². The summed E-state index contributed by atoms with van der Waals surface area (Å²) in [6, 6.07) is 0. The van der Waals surface area contributed by atoms with E-state index in [9.17, 15) is 4.79 Å². The number of hydrogen-bond donors (Lipinski definition) is 1. The second kappa shape index (κ2) is 5.34. The number of hydrogen-bond acceptors (Lipinski definition) is 3. The van der Waals surface area contributed by atoms with Gasteiger partial charge in [-0.25, -0.2) is 4.98 Å². The molecule has 1 aliphatic carbocycles. The molecule has 0 spiro atoms. The van der Waals surface area contributed by atoms with Crippen LogP contribution in [0.25, 0.3) is 0 Å². The van der Waals surface area contributed by atoms with Crippen molar-refractivity contribution in [2.75, 3.05) is 5.75 Å². The summed E-state index contributed by atoms with van der Waals surface area (Å²) in [5, 5.41) is 9.72. The molecule has 2 rings (SSSR count). The molecule has 0 bridgehead atoms. The van der Waals surface area contributed by atoms with Crippen LogP contribution in [-0.2, 0) is 11.3 Å². The van der Waals surface area contributed by atoms with Crippen molar-refractivity contribution in [3.63, 3.8) is 0 Å². The van der Waals surface area contributed by atoms with E-state index in [0.717, 1.165) is 11.7 Å². The van der Waals surface area contributed by atoms with E-state index in [4.69, 9.17) is 5.11 Å². The van der Waals surface area contributed by atoms with E-state index in [2.05, 4.69) is 51.1 Å². The molecule has 0 aliphatic heterocycles. The number of carboxylic acids is 1. The Bertz CT molecular complexity index is 532. The molecule has 21 heavy (non-hydrogen) atoms. The molecule has 1 saturated carbocycles. The number of imidazole rings is 1. The minimum absolute atomic E-state index is 0.0615. The molecule has 0 saturated heterocycles. The van der Waals surface area contributed by atoms with Gasteiger partial charge in [-0.2, -0.15) is 0 Å². The fourth-order valence-corrected chi connectivity index (χ4v) is 3.94. The molecule has 118 valence electrons. The molecule has 0 atom stereocenters. The Hall–Kier alpha value is -0.970. The van der Waals surface area contributed by atoms with Gasteiger partial charge in [-0.1, -0.05) is 53.3 Å². The van der Waals surface area contributed by atoms with E-state index in [-0.39, 0.29) is 5.75 Å². The largest absolute Gasteiger partial charge is 0.481 e. The van der Waals surface area contributed by atoms with Gasteiger partial charge >= 0.3 is 5.97 Å². The zero-order chi connectivity index (χ0) is 16.0. The Kier molecular flexibility index (Phi) is 4.17. The van der Waals surface area contributed by atoms with E-state index >= 15 is 0 Å². The number of rotatable bonds is 6. The van der Waals surface area contributed by atoms with Crippen LogP contribution in [0.2, 0.25) is 0 Å². The third-order valence-corrected chi connectivity index (χ3v) is 6.43. The van der Waals surface area contributed by atoms with Crippen molar-refractivity contribution >= 4 is 17.7 Å². The van der Waals surface area contributed by atoms with Crippen LogP contribution in [0.1, 0.15) is 53.2 Å². The Balaban J connectivity index is 2.24. The van der Waals surface area contributed by atoms with E-state index in [1.54, 1.807) is 0 Å². The van der Waals surface area contributed by atoms with Crippen LogP contribution >= 0.6 is 11.8 Å². The molecule has 1 aliphatic rings. The van der Waals surface area contributed by atoms with Gasteiger partial charge in [-0.15, -0.1) is 0 Å². The van der Waals surface area contributed by atoms with Gasteiger partial charge in [0.05, 0.1) is 5.75 Å². The molecule has 0 radical (unpaired) electrons. The summed E-state index contributed by atoms with van der Waals surface area (Å²) in [5.41, 5.74) is 1.84. The lowest BCUT2D eigenvalue weighted by Gasteiger charge is -2.14. The number of carbonyl (C=O) groups is 1. The third-order valence-electron chi connectivity index (χ3n) is 5.45. The van der Waals surface area contributed by atoms with Crippen LogP contribution in [0.4, 0.5) is 0 Å². The average molecular weight is 310 g/mol. The molecular weight excluding hydrogens is 284 g/mol.